The quantitative estimate of drug-likeness (QED) is 0.257. The predicted molar refractivity (Wildman–Crippen MR) is 93.3 cm³/mol. The third-order valence-corrected chi connectivity index (χ3v) is 7.86. The Bertz CT molecular complexity index is 315. The summed E-state index contributed by atoms with van der Waals surface area (Å²) >= 11 is 0. The molecule has 0 aliphatic carbocycles. The molecular weight excluding hydrogens is 322 g/mol. The van der Waals surface area contributed by atoms with Gasteiger partial charge in [0, 0.05) is 14.2 Å². The fourth-order valence-corrected chi connectivity index (χ4v) is 5.37. The maximum absolute atomic E-state index is 11.8. The molecule has 0 rings (SSSR count). The van der Waals surface area contributed by atoms with Crippen molar-refractivity contribution in [2.24, 2.45) is 0 Å². The molecule has 7 heteroatoms. The van der Waals surface area contributed by atoms with Crippen molar-refractivity contribution in [2.75, 3.05) is 26.7 Å². The van der Waals surface area contributed by atoms with Gasteiger partial charge in [0.2, 0.25) is 8.03 Å². The van der Waals surface area contributed by atoms with Crippen LogP contribution in [0.15, 0.2) is 0 Å². The maximum atomic E-state index is 11.8. The van der Waals surface area contributed by atoms with E-state index in [1.807, 2.05) is 0 Å². The van der Waals surface area contributed by atoms with Crippen LogP contribution in [0.1, 0.15) is 71.1 Å². The van der Waals surface area contributed by atoms with E-state index < -0.39 is 15.6 Å². The molecule has 5 nitrogen and oxygen atoms in total. The van der Waals surface area contributed by atoms with Gasteiger partial charge >= 0.3 is 7.60 Å². The Hall–Kier alpha value is 0.340. The monoisotopic (exact) mass is 356 g/mol. The van der Waals surface area contributed by atoms with Gasteiger partial charge in [0.25, 0.3) is 0 Å². The van der Waals surface area contributed by atoms with E-state index in [4.69, 9.17) is 13.6 Å². The molecule has 0 spiro atoms. The molecule has 0 N–H and O–H groups in total. The molecule has 0 bridgehead atoms. The summed E-state index contributed by atoms with van der Waals surface area (Å²) in [6.45, 7) is 2.70. The standard InChI is InChI=1S/C15H34O5P2/c1-4-5-6-7-8-9-10-11-12-13-14-20-21(16)15-22(17,18-2)19-3/h21H,4-15H2,1-3H3. The summed E-state index contributed by atoms with van der Waals surface area (Å²) in [7, 11) is -2.97. The first-order valence-electron chi connectivity index (χ1n) is 8.44. The lowest BCUT2D eigenvalue weighted by Crippen LogP contribution is -1.94. The van der Waals surface area contributed by atoms with Crippen LogP contribution in [0.2, 0.25) is 0 Å². The Balaban J connectivity index is 3.39. The van der Waals surface area contributed by atoms with E-state index in [0.29, 0.717) is 6.61 Å². The highest BCUT2D eigenvalue weighted by Gasteiger charge is 2.24. The van der Waals surface area contributed by atoms with E-state index in [0.717, 1.165) is 12.8 Å². The van der Waals surface area contributed by atoms with Gasteiger partial charge in [-0.05, 0) is 6.42 Å². The maximum Gasteiger partial charge on any atom is 0.339 e. The molecule has 0 radical (unpaired) electrons. The van der Waals surface area contributed by atoms with Gasteiger partial charge in [-0.2, -0.15) is 0 Å². The topological polar surface area (TPSA) is 61.8 Å². The first-order chi connectivity index (χ1) is 10.6. The van der Waals surface area contributed by atoms with E-state index in [-0.39, 0.29) is 5.90 Å². The minimum atomic E-state index is -3.21. The van der Waals surface area contributed by atoms with Gasteiger partial charge in [-0.15, -0.1) is 0 Å². The Morgan fingerprint density at radius 3 is 1.73 bits per heavy atom. The van der Waals surface area contributed by atoms with Crippen LogP contribution in [-0.2, 0) is 22.7 Å². The molecule has 1 atom stereocenters. The van der Waals surface area contributed by atoms with Crippen molar-refractivity contribution < 1.29 is 22.7 Å². The zero-order valence-electron chi connectivity index (χ0n) is 14.5. The fourth-order valence-electron chi connectivity index (χ4n) is 2.18. The third-order valence-electron chi connectivity index (χ3n) is 3.64. The molecule has 0 saturated heterocycles. The van der Waals surface area contributed by atoms with Crippen molar-refractivity contribution in [3.05, 3.63) is 0 Å². The Labute approximate surface area is 136 Å². The molecular formula is C15H34O5P2. The summed E-state index contributed by atoms with van der Waals surface area (Å²) in [5.74, 6) is -0.136. The summed E-state index contributed by atoms with van der Waals surface area (Å²) < 4.78 is 38.1. The Kier molecular flexibility index (Phi) is 15.1. The van der Waals surface area contributed by atoms with Crippen molar-refractivity contribution >= 4 is 15.6 Å². The predicted octanol–water partition coefficient (Wildman–Crippen LogP) is 5.84. The largest absolute Gasteiger partial charge is 0.339 e. The zero-order valence-corrected chi connectivity index (χ0v) is 16.4. The van der Waals surface area contributed by atoms with Gasteiger partial charge in [-0.1, -0.05) is 64.7 Å². The average molecular weight is 356 g/mol. The molecule has 0 aromatic carbocycles. The first kappa shape index (κ1) is 22.3. The molecule has 0 aliphatic heterocycles. The van der Waals surface area contributed by atoms with Gasteiger partial charge in [0.15, 0.2) is 0 Å². The Morgan fingerprint density at radius 2 is 1.27 bits per heavy atom. The molecule has 0 amide bonds. The number of hydrogen-bond donors (Lipinski definition) is 0. The van der Waals surface area contributed by atoms with Crippen LogP contribution in [-0.4, -0.2) is 26.7 Å². The van der Waals surface area contributed by atoms with Crippen molar-refractivity contribution in [1.29, 1.82) is 0 Å². The SMILES string of the molecule is CCCCCCCCCCCCO[PH](=O)CP(=O)(OC)OC. The summed E-state index contributed by atoms with van der Waals surface area (Å²) in [5.41, 5.74) is 0. The number of rotatable bonds is 16. The van der Waals surface area contributed by atoms with Gasteiger partial charge < -0.3 is 13.6 Å². The van der Waals surface area contributed by atoms with Gasteiger partial charge in [-0.25, -0.2) is 0 Å². The second-order valence-electron chi connectivity index (χ2n) is 5.54. The van der Waals surface area contributed by atoms with Crippen molar-refractivity contribution in [2.45, 2.75) is 71.1 Å². The second-order valence-corrected chi connectivity index (χ2v) is 9.79. The van der Waals surface area contributed by atoms with Crippen LogP contribution in [0.4, 0.5) is 0 Å². The summed E-state index contributed by atoms with van der Waals surface area (Å²) in [6.07, 6.45) is 12.5. The van der Waals surface area contributed by atoms with Crippen molar-refractivity contribution in [3.63, 3.8) is 0 Å². The van der Waals surface area contributed by atoms with E-state index in [9.17, 15) is 9.13 Å². The van der Waals surface area contributed by atoms with Crippen LogP contribution in [0.25, 0.3) is 0 Å². The molecule has 0 heterocycles. The van der Waals surface area contributed by atoms with Gasteiger partial charge in [-0.3, -0.25) is 9.13 Å². The minimum Gasteiger partial charge on any atom is -0.330 e. The van der Waals surface area contributed by atoms with E-state index >= 15 is 0 Å². The molecule has 22 heavy (non-hydrogen) atoms. The molecule has 0 aromatic rings. The van der Waals surface area contributed by atoms with Crippen LogP contribution >= 0.6 is 15.6 Å². The van der Waals surface area contributed by atoms with Crippen LogP contribution in [0.3, 0.4) is 0 Å². The van der Waals surface area contributed by atoms with Crippen molar-refractivity contribution in [1.82, 2.24) is 0 Å². The second kappa shape index (κ2) is 14.9. The molecule has 0 saturated carbocycles. The smallest absolute Gasteiger partial charge is 0.330 e. The van der Waals surface area contributed by atoms with E-state index in [2.05, 4.69) is 6.92 Å². The van der Waals surface area contributed by atoms with Crippen LogP contribution in [0, 0.1) is 0 Å². The highest BCUT2D eigenvalue weighted by molar-refractivity contribution is 7.65. The first-order valence-corrected chi connectivity index (χ1v) is 11.7. The molecule has 0 aromatic heterocycles. The van der Waals surface area contributed by atoms with Gasteiger partial charge in [0.1, 0.15) is 5.90 Å². The minimum absolute atomic E-state index is 0.136. The van der Waals surface area contributed by atoms with Gasteiger partial charge in [0.05, 0.1) is 6.61 Å². The van der Waals surface area contributed by atoms with Crippen molar-refractivity contribution in [3.8, 4) is 0 Å². The summed E-state index contributed by atoms with van der Waals surface area (Å²) in [4.78, 5) is 0. The lowest BCUT2D eigenvalue weighted by Gasteiger charge is -2.13. The lowest BCUT2D eigenvalue weighted by molar-refractivity contribution is 0.276. The number of hydrogen-bond acceptors (Lipinski definition) is 5. The highest BCUT2D eigenvalue weighted by atomic mass is 31.2. The molecule has 0 aliphatic rings. The van der Waals surface area contributed by atoms with Crippen LogP contribution in [0.5, 0.6) is 0 Å². The van der Waals surface area contributed by atoms with E-state index in [1.165, 1.54) is 65.6 Å². The van der Waals surface area contributed by atoms with E-state index in [1.54, 1.807) is 0 Å². The molecule has 0 fully saturated rings. The third kappa shape index (κ3) is 12.8. The molecule has 1 unspecified atom stereocenters. The average Bonchev–Trinajstić information content (AvgIpc) is 2.52. The normalized spacial score (nSPS) is 13.4. The fraction of sp³-hybridized carbons (Fsp3) is 1.00. The van der Waals surface area contributed by atoms with Crippen LogP contribution < -0.4 is 0 Å². The summed E-state index contributed by atoms with van der Waals surface area (Å²) in [6, 6.07) is 0. The Morgan fingerprint density at radius 1 is 0.818 bits per heavy atom. The number of unbranched alkanes of at least 4 members (excludes halogenated alkanes) is 9. The summed E-state index contributed by atoms with van der Waals surface area (Å²) in [5, 5.41) is 0. The highest BCUT2D eigenvalue weighted by Crippen LogP contribution is 2.53. The molecule has 134 valence electrons. The zero-order chi connectivity index (χ0) is 16.7. The lowest BCUT2D eigenvalue weighted by atomic mass is 10.1.